The lowest BCUT2D eigenvalue weighted by molar-refractivity contribution is -0.145. The average Bonchev–Trinajstić information content (AvgIpc) is 3.63. The molecule has 0 bridgehead atoms. The van der Waals surface area contributed by atoms with Gasteiger partial charge in [-0.05, 0) is 104 Å². The third-order valence-electron chi connectivity index (χ3n) is 14.1. The van der Waals surface area contributed by atoms with Crippen molar-refractivity contribution >= 4 is 64.2 Å². The number of thiazole rings is 1. The lowest BCUT2D eigenvalue weighted by atomic mass is 9.85. The van der Waals surface area contributed by atoms with Crippen LogP contribution in [0.5, 0.6) is 5.75 Å². The minimum absolute atomic E-state index is 0.0292. The topological polar surface area (TPSA) is 284 Å². The largest absolute Gasteiger partial charge is 0.507 e. The summed E-state index contributed by atoms with van der Waals surface area (Å²) in [7, 11) is 3.07. The number of hydrogen-bond acceptors (Lipinski definition) is 13. The molecule has 0 radical (unpaired) electrons. The number of carbonyl (C=O) groups excluding carboxylic acids is 7. The van der Waals surface area contributed by atoms with Crippen molar-refractivity contribution < 1.29 is 53.3 Å². The third-order valence-corrected chi connectivity index (χ3v) is 15.1. The molecule has 5 atom stereocenters. The van der Waals surface area contributed by atoms with Crippen molar-refractivity contribution in [1.29, 1.82) is 5.41 Å². The van der Waals surface area contributed by atoms with Crippen LogP contribution in [-0.4, -0.2) is 135 Å². The molecule has 19 nitrogen and oxygen atoms in total. The molecule has 1 aromatic heterocycles. The first-order valence-electron chi connectivity index (χ1n) is 25.8. The fourth-order valence-corrected chi connectivity index (χ4v) is 10.2. The summed E-state index contributed by atoms with van der Waals surface area (Å²) < 4.78 is 14.8. The summed E-state index contributed by atoms with van der Waals surface area (Å²) in [6.07, 6.45) is 2.83. The molecule has 3 aliphatic rings. The van der Waals surface area contributed by atoms with Crippen LogP contribution in [0.4, 0.5) is 4.39 Å². The first-order chi connectivity index (χ1) is 36.4. The Balaban J connectivity index is 0.896. The number of nitrogens with zero attached hydrogens (tertiary/aromatic N) is 3. The van der Waals surface area contributed by atoms with Crippen molar-refractivity contribution in [3.8, 4) is 16.2 Å². The summed E-state index contributed by atoms with van der Waals surface area (Å²) in [5, 5.41) is 54.3. The highest BCUT2D eigenvalue weighted by Gasteiger charge is 2.53. The highest BCUT2D eigenvalue weighted by Crippen LogP contribution is 2.41. The quantitative estimate of drug-likeness (QED) is 0.0285. The number of aliphatic hydroxyl groups excluding tert-OH is 2. The number of carbonyl (C=O) groups is 7. The second-order valence-electron chi connectivity index (χ2n) is 21.3. The number of alkyl halides is 1. The van der Waals surface area contributed by atoms with E-state index in [-0.39, 0.29) is 60.9 Å². The Kier molecular flexibility index (Phi) is 18.0. The summed E-state index contributed by atoms with van der Waals surface area (Å²) in [6, 6.07) is 12.9. The molecular formula is C56H68FN9O10S. The molecule has 4 aromatic rings. The molecule has 0 spiro atoms. The monoisotopic (exact) mass is 1080 g/mol. The van der Waals surface area contributed by atoms with E-state index >= 15 is 0 Å². The summed E-state index contributed by atoms with van der Waals surface area (Å²) >= 11 is 1.49. The molecule has 1 saturated carbocycles. The molecule has 7 amide bonds. The maximum Gasteiger partial charge on any atom is 0.269 e. The Morgan fingerprint density at radius 3 is 2.27 bits per heavy atom. The van der Waals surface area contributed by atoms with Crippen LogP contribution in [0, 0.1) is 17.7 Å². The maximum atomic E-state index is 14.8. The number of nitrogens with one attached hydrogen (secondary N) is 6. The number of likely N-dealkylation sites (tertiary alicyclic amines) is 1. The number of hydrogen-bond donors (Lipinski definition) is 9. The summed E-state index contributed by atoms with van der Waals surface area (Å²) in [5.41, 5.74) is 2.93. The number of amides is 7. The second kappa shape index (κ2) is 24.2. The van der Waals surface area contributed by atoms with E-state index in [2.05, 4.69) is 31.6 Å². The lowest BCUT2D eigenvalue weighted by Gasteiger charge is -2.36. The lowest BCUT2D eigenvalue weighted by Crippen LogP contribution is -2.59. The molecule has 1 saturated heterocycles. The number of β-amino-alcohol motifs (C(OH)–C–C–N with tert-alkyl or cyclic N) is 1. The predicted molar refractivity (Wildman–Crippen MR) is 288 cm³/mol. The van der Waals surface area contributed by atoms with Crippen LogP contribution >= 0.6 is 11.3 Å². The van der Waals surface area contributed by atoms with E-state index in [4.69, 9.17) is 5.41 Å². The molecule has 1 aliphatic heterocycles. The van der Waals surface area contributed by atoms with E-state index in [9.17, 15) is 53.3 Å². The van der Waals surface area contributed by atoms with Gasteiger partial charge in [-0.25, -0.2) is 9.37 Å². The van der Waals surface area contributed by atoms with Gasteiger partial charge < -0.3 is 51.7 Å². The van der Waals surface area contributed by atoms with Crippen LogP contribution in [0.2, 0.25) is 0 Å². The Morgan fingerprint density at radius 1 is 0.948 bits per heavy atom. The fourth-order valence-electron chi connectivity index (χ4n) is 9.43. The van der Waals surface area contributed by atoms with Crippen LogP contribution in [0.1, 0.15) is 133 Å². The van der Waals surface area contributed by atoms with Gasteiger partial charge in [-0.1, -0.05) is 57.2 Å². The number of unbranched alkanes of at least 4 members (excludes halogenated alkanes) is 2. The molecule has 2 aliphatic carbocycles. The van der Waals surface area contributed by atoms with E-state index in [1.165, 1.54) is 53.4 Å². The number of aromatic hydroxyl groups is 1. The van der Waals surface area contributed by atoms with Crippen LogP contribution in [0.3, 0.4) is 0 Å². The Labute approximate surface area is 450 Å². The highest BCUT2D eigenvalue weighted by molar-refractivity contribution is 7.13. The normalized spacial score (nSPS) is 18.3. The molecule has 21 heteroatoms. The zero-order valence-corrected chi connectivity index (χ0v) is 44.9. The number of phenolic OH excluding ortho intramolecular Hbond substituents is 1. The fraction of sp³-hybridized carbons (Fsp3) is 0.446. The summed E-state index contributed by atoms with van der Waals surface area (Å²) in [4.78, 5) is 101. The van der Waals surface area contributed by atoms with Gasteiger partial charge in [0.15, 0.2) is 5.67 Å². The van der Waals surface area contributed by atoms with Crippen LogP contribution < -0.4 is 26.6 Å². The van der Waals surface area contributed by atoms with Gasteiger partial charge in [-0.3, -0.25) is 39.0 Å². The van der Waals surface area contributed by atoms with E-state index in [0.717, 1.165) is 33.3 Å². The summed E-state index contributed by atoms with van der Waals surface area (Å²) in [5.74, 6) is -4.77. The van der Waals surface area contributed by atoms with Crippen molar-refractivity contribution in [2.75, 3.05) is 33.7 Å². The van der Waals surface area contributed by atoms with Crippen molar-refractivity contribution in [3.63, 3.8) is 0 Å². The maximum absolute atomic E-state index is 14.8. The van der Waals surface area contributed by atoms with Gasteiger partial charge in [0.1, 0.15) is 29.3 Å². The molecular weight excluding hydrogens is 1010 g/mol. The molecule has 2 heterocycles. The molecule has 7 rings (SSSR count). The zero-order valence-electron chi connectivity index (χ0n) is 44.1. The first-order valence-corrected chi connectivity index (χ1v) is 26.6. The number of fused-ring (bicyclic) bond motifs is 1. The summed E-state index contributed by atoms with van der Waals surface area (Å²) in [6.45, 7) is 7.56. The first kappa shape index (κ1) is 57.2. The number of rotatable bonds is 21. The molecule has 3 aromatic carbocycles. The minimum atomic E-state index is -2.03. The van der Waals surface area contributed by atoms with E-state index in [1.54, 1.807) is 38.4 Å². The van der Waals surface area contributed by atoms with Crippen molar-refractivity contribution in [2.45, 2.75) is 121 Å². The van der Waals surface area contributed by atoms with Gasteiger partial charge in [0.25, 0.3) is 23.6 Å². The number of benzene rings is 3. The predicted octanol–water partition coefficient (Wildman–Crippen LogP) is 5.51. The Bertz CT molecular complexity index is 2950. The molecule has 0 unspecified atom stereocenters. The minimum Gasteiger partial charge on any atom is -0.507 e. The van der Waals surface area contributed by atoms with Gasteiger partial charge >= 0.3 is 0 Å². The molecule has 2 fully saturated rings. The van der Waals surface area contributed by atoms with Crippen LogP contribution in [-0.2, 0) is 30.4 Å². The van der Waals surface area contributed by atoms with E-state index < -0.39 is 82.4 Å². The second-order valence-corrected chi connectivity index (χ2v) is 22.2. The number of phenols is 1. The van der Waals surface area contributed by atoms with Gasteiger partial charge in [-0.2, -0.15) is 0 Å². The zero-order chi connectivity index (χ0) is 55.9. The van der Waals surface area contributed by atoms with Crippen molar-refractivity contribution in [3.05, 3.63) is 111 Å². The number of aromatic nitrogens is 1. The highest BCUT2D eigenvalue weighted by atomic mass is 32.1. The van der Waals surface area contributed by atoms with Crippen molar-refractivity contribution in [2.24, 2.45) is 5.41 Å². The van der Waals surface area contributed by atoms with Gasteiger partial charge in [0, 0.05) is 57.4 Å². The van der Waals surface area contributed by atoms with Gasteiger partial charge in [0.05, 0.1) is 46.3 Å². The van der Waals surface area contributed by atoms with Gasteiger partial charge in [-0.15, -0.1) is 11.3 Å². The molecule has 9 N–H and O–H groups in total. The molecule has 77 heavy (non-hydrogen) atoms. The van der Waals surface area contributed by atoms with E-state index in [1.807, 2.05) is 37.3 Å². The standard InChI is InChI=1S/C56H68FN9O10S/c1-31-47(77-30-61-31)34-13-11-33(12-14-34)42(63-51(73)43-26-37(67)29-66(43)53(75)48(55(2,3)4)64-54(76)56(57)20-21-56)28-46(70)59-22-8-7-9-23-60-49(71)36-15-10-32-17-19-41(39(32)24-36)62-50(72)40(58)27-44(68)35-16-18-38(45(69)25-35)52(74)65(5)6/h10-16,18,24-25,27,30,37,41-43,48,58,67-69H,7-9,17,19-23,26,28-29H2,1-6H3,(H,59,70)(H,60,71)(H,62,72)(H,63,73)(H,64,76)/b44-27-,58-40?/t37-,41-,42+,43+,48-/m1/s1. The number of halogens is 1. The van der Waals surface area contributed by atoms with Crippen LogP contribution in [0.15, 0.2) is 72.3 Å². The smallest absolute Gasteiger partial charge is 0.269 e. The SMILES string of the molecule is Cc1ncsc1-c1ccc([C@H](CC(=O)NCCCCCNC(=O)c2ccc3c(c2)[C@H](NC(=O)C(=N)/C=C(\O)c2ccc(C(=O)N(C)C)c(O)c2)CC3)NC(=O)[C@@H]2C[C@@H](O)CN2C(=O)[C@@H](NC(=O)C2(F)CC2)C(C)(C)C)cc1. The average molecular weight is 1080 g/mol. The van der Waals surface area contributed by atoms with Gasteiger partial charge in [0.2, 0.25) is 17.7 Å². The van der Waals surface area contributed by atoms with E-state index in [0.29, 0.717) is 56.3 Å². The Morgan fingerprint density at radius 2 is 1.64 bits per heavy atom. The third kappa shape index (κ3) is 14.1. The van der Waals surface area contributed by atoms with Crippen LogP contribution in [0.25, 0.3) is 16.2 Å². The number of aryl methyl sites for hydroxylation is 2. The number of aliphatic hydroxyl groups is 2. The molecule has 410 valence electrons. The van der Waals surface area contributed by atoms with Crippen molar-refractivity contribution in [1.82, 2.24) is 41.4 Å². The Hall–Kier alpha value is -7.52.